The molecule has 0 aromatic heterocycles. The highest BCUT2D eigenvalue weighted by atomic mass is 35.5. The van der Waals surface area contributed by atoms with E-state index in [0.717, 1.165) is 5.56 Å². The molecule has 0 aliphatic carbocycles. The second-order valence-corrected chi connectivity index (χ2v) is 3.14. The van der Waals surface area contributed by atoms with Crippen LogP contribution in [0.2, 0.25) is 0 Å². The number of rotatable bonds is 3. The van der Waals surface area contributed by atoms with Gasteiger partial charge in [0.25, 0.3) is 0 Å². The van der Waals surface area contributed by atoms with Crippen LogP contribution in [0.15, 0.2) is 36.2 Å². The summed E-state index contributed by atoms with van der Waals surface area (Å²) < 4.78 is 12.2. The van der Waals surface area contributed by atoms with Crippen molar-refractivity contribution in [3.8, 4) is 0 Å². The molecule has 0 bridgehead atoms. The van der Waals surface area contributed by atoms with Gasteiger partial charge in [-0.25, -0.2) is 4.39 Å². The topological polar surface area (TPSA) is 26.0 Å². The van der Waals surface area contributed by atoms with Gasteiger partial charge >= 0.3 is 0 Å². The predicted octanol–water partition coefficient (Wildman–Crippen LogP) is 2.77. The maximum Gasteiger partial charge on any atom is 0.0875 e. The van der Waals surface area contributed by atoms with E-state index in [4.69, 9.17) is 5.73 Å². The van der Waals surface area contributed by atoms with E-state index in [2.05, 4.69) is 0 Å². The minimum atomic E-state index is 0. The summed E-state index contributed by atoms with van der Waals surface area (Å²) in [6, 6.07) is 8.01. The van der Waals surface area contributed by atoms with Gasteiger partial charge in [-0.1, -0.05) is 29.8 Å². The molecule has 0 saturated heterocycles. The largest absolute Gasteiger partial charge is 0.327 e. The van der Waals surface area contributed by atoms with Crippen molar-refractivity contribution >= 4 is 12.4 Å². The van der Waals surface area contributed by atoms with E-state index in [1.807, 2.05) is 31.2 Å². The van der Waals surface area contributed by atoms with Crippen molar-refractivity contribution in [2.45, 2.75) is 13.3 Å². The van der Waals surface area contributed by atoms with Crippen LogP contribution in [-0.2, 0) is 6.42 Å². The lowest BCUT2D eigenvalue weighted by Crippen LogP contribution is -2.05. The van der Waals surface area contributed by atoms with Gasteiger partial charge in [0.2, 0.25) is 0 Å². The van der Waals surface area contributed by atoms with E-state index in [-0.39, 0.29) is 19.0 Å². The Bertz CT molecular complexity index is 310. The molecule has 78 valence electrons. The van der Waals surface area contributed by atoms with Crippen LogP contribution in [0.3, 0.4) is 0 Å². The fraction of sp³-hybridized carbons (Fsp3) is 0.273. The molecule has 0 aliphatic rings. The normalized spacial score (nSPS) is 10.9. The number of hydrogen-bond donors (Lipinski definition) is 1. The van der Waals surface area contributed by atoms with Crippen LogP contribution in [-0.4, -0.2) is 6.54 Å². The summed E-state index contributed by atoms with van der Waals surface area (Å²) in [5, 5.41) is 0. The molecule has 1 rings (SSSR count). The Balaban J connectivity index is 0.00000169. The minimum absolute atomic E-state index is 0. The predicted molar refractivity (Wildman–Crippen MR) is 60.4 cm³/mol. The summed E-state index contributed by atoms with van der Waals surface area (Å²) in [5.74, 6) is 0. The molecule has 1 aromatic rings. The molecular formula is C11H15ClFN. The number of hydrogen-bond acceptors (Lipinski definition) is 1. The van der Waals surface area contributed by atoms with Gasteiger partial charge in [0.1, 0.15) is 0 Å². The molecule has 0 heterocycles. The third-order valence-corrected chi connectivity index (χ3v) is 1.93. The smallest absolute Gasteiger partial charge is 0.0875 e. The van der Waals surface area contributed by atoms with Crippen molar-refractivity contribution in [3.63, 3.8) is 0 Å². The van der Waals surface area contributed by atoms with Gasteiger partial charge < -0.3 is 5.73 Å². The molecule has 0 saturated carbocycles. The maximum absolute atomic E-state index is 12.2. The van der Waals surface area contributed by atoms with Crippen molar-refractivity contribution in [3.05, 3.63) is 47.3 Å². The Morgan fingerprint density at radius 1 is 1.50 bits per heavy atom. The summed E-state index contributed by atoms with van der Waals surface area (Å²) in [5.41, 5.74) is 8.28. The van der Waals surface area contributed by atoms with Crippen LogP contribution in [0.5, 0.6) is 0 Å². The summed E-state index contributed by atoms with van der Waals surface area (Å²) in [6.45, 7) is 2.30. The molecule has 0 atom stereocenters. The fourth-order valence-electron chi connectivity index (χ4n) is 1.24. The minimum Gasteiger partial charge on any atom is -0.327 e. The second-order valence-electron chi connectivity index (χ2n) is 3.14. The Kier molecular flexibility index (Phi) is 6.17. The number of benzene rings is 1. The van der Waals surface area contributed by atoms with Crippen molar-refractivity contribution in [1.29, 1.82) is 0 Å². The second kappa shape index (κ2) is 6.57. The van der Waals surface area contributed by atoms with E-state index in [1.54, 1.807) is 0 Å². The summed E-state index contributed by atoms with van der Waals surface area (Å²) >= 11 is 0. The van der Waals surface area contributed by atoms with Crippen LogP contribution in [0.4, 0.5) is 4.39 Å². The monoisotopic (exact) mass is 215 g/mol. The first-order chi connectivity index (χ1) is 6.26. The first kappa shape index (κ1) is 13.1. The van der Waals surface area contributed by atoms with Gasteiger partial charge in [-0.15, -0.1) is 12.4 Å². The molecule has 3 heteroatoms. The lowest BCUT2D eigenvalue weighted by atomic mass is 10.0. The molecule has 1 aromatic carbocycles. The zero-order valence-electron chi connectivity index (χ0n) is 8.16. The summed E-state index contributed by atoms with van der Waals surface area (Å²) in [6.07, 6.45) is 1.21. The lowest BCUT2D eigenvalue weighted by Gasteiger charge is -2.03. The Morgan fingerprint density at radius 3 is 2.71 bits per heavy atom. The zero-order valence-corrected chi connectivity index (χ0v) is 8.98. The molecule has 0 spiro atoms. The van der Waals surface area contributed by atoms with Crippen LogP contribution in [0.1, 0.15) is 11.1 Å². The number of halogens is 2. The highest BCUT2D eigenvalue weighted by Gasteiger charge is 1.97. The Morgan fingerprint density at radius 2 is 2.21 bits per heavy atom. The quantitative estimate of drug-likeness (QED) is 0.825. The van der Waals surface area contributed by atoms with Crippen molar-refractivity contribution in [2.24, 2.45) is 5.73 Å². The van der Waals surface area contributed by atoms with Gasteiger partial charge in [0, 0.05) is 6.54 Å². The Labute approximate surface area is 90.2 Å². The molecule has 0 aliphatic heterocycles. The Hall–Kier alpha value is -0.860. The van der Waals surface area contributed by atoms with Crippen LogP contribution < -0.4 is 5.73 Å². The highest BCUT2D eigenvalue weighted by Crippen LogP contribution is 2.09. The highest BCUT2D eigenvalue weighted by molar-refractivity contribution is 5.85. The van der Waals surface area contributed by atoms with E-state index in [1.165, 1.54) is 5.56 Å². The molecule has 2 N–H and O–H groups in total. The first-order valence-electron chi connectivity index (χ1n) is 4.30. The van der Waals surface area contributed by atoms with Crippen molar-refractivity contribution in [2.75, 3.05) is 6.54 Å². The third-order valence-electron chi connectivity index (χ3n) is 1.93. The summed E-state index contributed by atoms with van der Waals surface area (Å²) in [7, 11) is 0. The first-order valence-corrected chi connectivity index (χ1v) is 4.30. The average molecular weight is 216 g/mol. The summed E-state index contributed by atoms with van der Waals surface area (Å²) in [4.78, 5) is 0. The van der Waals surface area contributed by atoms with Gasteiger partial charge in [0.15, 0.2) is 0 Å². The lowest BCUT2D eigenvalue weighted by molar-refractivity contribution is 0.699. The van der Waals surface area contributed by atoms with E-state index in [9.17, 15) is 4.39 Å². The van der Waals surface area contributed by atoms with Gasteiger partial charge in [-0.3, -0.25) is 0 Å². The van der Waals surface area contributed by atoms with Gasteiger partial charge in [-0.2, -0.15) is 0 Å². The van der Waals surface area contributed by atoms with Crippen molar-refractivity contribution < 1.29 is 4.39 Å². The number of nitrogens with two attached hydrogens (primary N) is 1. The van der Waals surface area contributed by atoms with Crippen LogP contribution >= 0.6 is 12.4 Å². The van der Waals surface area contributed by atoms with E-state index >= 15 is 0 Å². The van der Waals surface area contributed by atoms with Crippen molar-refractivity contribution in [1.82, 2.24) is 0 Å². The third kappa shape index (κ3) is 3.90. The fourth-order valence-corrected chi connectivity index (χ4v) is 1.24. The average Bonchev–Trinajstić information content (AvgIpc) is 2.14. The molecule has 0 unspecified atom stereocenters. The van der Waals surface area contributed by atoms with Crippen LogP contribution in [0, 0.1) is 6.92 Å². The molecular weight excluding hydrogens is 201 g/mol. The molecule has 14 heavy (non-hydrogen) atoms. The van der Waals surface area contributed by atoms with E-state index < -0.39 is 0 Å². The number of aryl methyl sites for hydroxylation is 1. The molecule has 0 radical (unpaired) electrons. The zero-order chi connectivity index (χ0) is 9.68. The SMILES string of the molecule is Cc1cccc(C/C(=C/F)CN)c1.Cl. The van der Waals surface area contributed by atoms with Crippen LogP contribution in [0.25, 0.3) is 0 Å². The standard InChI is InChI=1S/C11H14FN.ClH/c1-9-3-2-4-10(5-9)6-11(7-12)8-13;/h2-5,7H,6,8,13H2,1H3;1H/b11-7-;. The van der Waals surface area contributed by atoms with Gasteiger partial charge in [-0.05, 0) is 24.5 Å². The maximum atomic E-state index is 12.2. The molecule has 1 nitrogen and oxygen atoms in total. The molecule has 0 fully saturated rings. The van der Waals surface area contributed by atoms with Gasteiger partial charge in [0.05, 0.1) is 6.33 Å². The van der Waals surface area contributed by atoms with E-state index in [0.29, 0.717) is 18.3 Å². The molecule has 0 amide bonds.